The van der Waals surface area contributed by atoms with Gasteiger partial charge in [-0.3, -0.25) is 4.79 Å². The second kappa shape index (κ2) is 6.35. The van der Waals surface area contributed by atoms with Crippen molar-refractivity contribution in [3.05, 3.63) is 99.5 Å². The van der Waals surface area contributed by atoms with Crippen LogP contribution in [-0.4, -0.2) is 5.91 Å². The van der Waals surface area contributed by atoms with Crippen LogP contribution >= 0.6 is 15.9 Å². The summed E-state index contributed by atoms with van der Waals surface area (Å²) in [6.45, 7) is 2.23. The van der Waals surface area contributed by atoms with Crippen molar-refractivity contribution >= 4 is 27.5 Å². The van der Waals surface area contributed by atoms with Crippen LogP contribution < -0.4 is 5.32 Å². The Bertz CT molecular complexity index is 996. The maximum Gasteiger partial charge on any atom is 0.228 e. The van der Waals surface area contributed by atoms with Gasteiger partial charge in [0.05, 0.1) is 5.92 Å². The van der Waals surface area contributed by atoms with E-state index in [4.69, 9.17) is 0 Å². The molecule has 3 aliphatic carbocycles. The minimum Gasteiger partial charge on any atom is -0.326 e. The Hall–Kier alpha value is -2.39. The number of hydrogen-bond donors (Lipinski definition) is 1. The van der Waals surface area contributed by atoms with Crippen molar-refractivity contribution in [1.82, 2.24) is 0 Å². The number of hydrogen-bond acceptors (Lipinski definition) is 1. The first-order valence-electron chi connectivity index (χ1n) is 9.39. The minimum absolute atomic E-state index is 0.0706. The maximum absolute atomic E-state index is 13.4. The second-order valence-corrected chi connectivity index (χ2v) is 8.51. The third kappa shape index (κ3) is 2.56. The molecule has 0 fully saturated rings. The maximum atomic E-state index is 13.4. The molecule has 0 radical (unpaired) electrons. The molecule has 0 unspecified atom stereocenters. The number of amides is 1. The number of benzene rings is 3. The zero-order valence-electron chi connectivity index (χ0n) is 15.0. The average Bonchev–Trinajstić information content (AvgIpc) is 2.68. The summed E-state index contributed by atoms with van der Waals surface area (Å²) in [5.74, 6) is 0.690. The topological polar surface area (TPSA) is 29.1 Å². The lowest BCUT2D eigenvalue weighted by molar-refractivity contribution is -0.122. The first kappa shape index (κ1) is 16.8. The predicted octanol–water partition coefficient (Wildman–Crippen LogP) is 5.93. The molecule has 134 valence electrons. The summed E-state index contributed by atoms with van der Waals surface area (Å²) >= 11 is 3.48. The number of halogens is 1. The van der Waals surface area contributed by atoms with E-state index in [1.807, 2.05) is 24.3 Å². The summed E-state index contributed by atoms with van der Waals surface area (Å²) in [5, 5.41) is 3.16. The molecule has 2 bridgehead atoms. The Morgan fingerprint density at radius 3 is 1.93 bits per heavy atom. The number of nitrogens with one attached hydrogen (secondary N) is 1. The Labute approximate surface area is 167 Å². The van der Waals surface area contributed by atoms with E-state index in [-0.39, 0.29) is 29.6 Å². The molecule has 0 saturated carbocycles. The van der Waals surface area contributed by atoms with E-state index in [9.17, 15) is 4.79 Å². The van der Waals surface area contributed by atoms with Crippen LogP contribution in [0.15, 0.2) is 77.3 Å². The van der Waals surface area contributed by atoms with Crippen LogP contribution in [0.2, 0.25) is 0 Å². The zero-order valence-corrected chi connectivity index (χ0v) is 16.6. The number of anilines is 1. The second-order valence-electron chi connectivity index (χ2n) is 7.60. The molecule has 3 heteroatoms. The summed E-state index contributed by atoms with van der Waals surface area (Å²) in [5.41, 5.74) is 6.24. The van der Waals surface area contributed by atoms with Gasteiger partial charge in [-0.25, -0.2) is 0 Å². The normalized spacial score (nSPS) is 24.8. The lowest BCUT2D eigenvalue weighted by Gasteiger charge is -2.49. The van der Waals surface area contributed by atoms with E-state index >= 15 is 0 Å². The van der Waals surface area contributed by atoms with Crippen molar-refractivity contribution < 1.29 is 4.79 Å². The van der Waals surface area contributed by atoms with Gasteiger partial charge in [-0.05, 0) is 46.4 Å². The number of rotatable bonds is 2. The standard InChI is InChI=1S/C24H20BrNO/c1-14-21-17-9-2-4-11-19(17)23(20-12-5-3-10-18(20)21)22(14)24(27)26-16-8-6-7-15(25)13-16/h2-14,21-23H,1H3,(H,26,27)/t14-,21?,22+,23?/m1/s1. The van der Waals surface area contributed by atoms with Gasteiger partial charge in [0.1, 0.15) is 0 Å². The SMILES string of the molecule is C[C@@H]1C2c3ccccc3C(c3ccccc32)[C@H]1C(=O)Nc1cccc(Br)c1. The van der Waals surface area contributed by atoms with Crippen LogP contribution in [0.5, 0.6) is 0 Å². The molecule has 0 saturated heterocycles. The monoisotopic (exact) mass is 417 g/mol. The van der Waals surface area contributed by atoms with Gasteiger partial charge >= 0.3 is 0 Å². The van der Waals surface area contributed by atoms with E-state index in [2.05, 4.69) is 76.7 Å². The third-order valence-corrected chi connectivity index (χ3v) is 6.67. The quantitative estimate of drug-likeness (QED) is 0.549. The molecule has 0 aromatic heterocycles. The van der Waals surface area contributed by atoms with Crippen LogP contribution in [-0.2, 0) is 4.79 Å². The highest BCUT2D eigenvalue weighted by Crippen LogP contribution is 2.58. The van der Waals surface area contributed by atoms with Gasteiger partial charge in [-0.2, -0.15) is 0 Å². The summed E-state index contributed by atoms with van der Waals surface area (Å²) < 4.78 is 0.967. The Balaban J connectivity index is 1.60. The molecule has 3 aromatic carbocycles. The van der Waals surface area contributed by atoms with Crippen molar-refractivity contribution in [3.63, 3.8) is 0 Å². The van der Waals surface area contributed by atoms with Gasteiger partial charge in [0.25, 0.3) is 0 Å². The van der Waals surface area contributed by atoms with Crippen LogP contribution in [0.4, 0.5) is 5.69 Å². The third-order valence-electron chi connectivity index (χ3n) is 6.18. The van der Waals surface area contributed by atoms with Gasteiger partial charge in [-0.1, -0.05) is 77.5 Å². The minimum atomic E-state index is -0.0706. The van der Waals surface area contributed by atoms with Crippen molar-refractivity contribution in [2.45, 2.75) is 18.8 Å². The lowest BCUT2D eigenvalue weighted by atomic mass is 9.54. The number of carbonyl (C=O) groups is 1. The van der Waals surface area contributed by atoms with Gasteiger partial charge in [0.2, 0.25) is 5.91 Å². The van der Waals surface area contributed by atoms with Gasteiger partial charge < -0.3 is 5.32 Å². The highest BCUT2D eigenvalue weighted by Gasteiger charge is 2.50. The number of carbonyl (C=O) groups excluding carboxylic acids is 1. The van der Waals surface area contributed by atoms with Crippen LogP contribution in [0.3, 0.4) is 0 Å². The van der Waals surface area contributed by atoms with Crippen molar-refractivity contribution in [3.8, 4) is 0 Å². The highest BCUT2D eigenvalue weighted by molar-refractivity contribution is 9.10. The molecule has 2 nitrogen and oxygen atoms in total. The Morgan fingerprint density at radius 2 is 1.37 bits per heavy atom. The fraction of sp³-hybridized carbons (Fsp3) is 0.208. The largest absolute Gasteiger partial charge is 0.326 e. The van der Waals surface area contributed by atoms with Crippen LogP contribution in [0.1, 0.15) is 41.0 Å². The van der Waals surface area contributed by atoms with E-state index in [0.717, 1.165) is 10.2 Å². The van der Waals surface area contributed by atoms with Crippen molar-refractivity contribution in [2.75, 3.05) is 5.32 Å². The molecule has 0 aliphatic heterocycles. The van der Waals surface area contributed by atoms with E-state index in [1.165, 1.54) is 22.3 Å². The molecule has 3 aromatic rings. The Kier molecular flexibility index (Phi) is 3.94. The summed E-state index contributed by atoms with van der Waals surface area (Å²) in [4.78, 5) is 13.4. The average molecular weight is 418 g/mol. The molecule has 6 rings (SSSR count). The summed E-state index contributed by atoms with van der Waals surface area (Å²) in [7, 11) is 0. The predicted molar refractivity (Wildman–Crippen MR) is 112 cm³/mol. The molecule has 0 spiro atoms. The van der Waals surface area contributed by atoms with Crippen LogP contribution in [0, 0.1) is 11.8 Å². The molecule has 0 heterocycles. The molecule has 3 aliphatic rings. The van der Waals surface area contributed by atoms with Gasteiger partial charge in [0.15, 0.2) is 0 Å². The van der Waals surface area contributed by atoms with Crippen LogP contribution in [0.25, 0.3) is 0 Å². The first-order valence-corrected chi connectivity index (χ1v) is 10.2. The smallest absolute Gasteiger partial charge is 0.228 e. The van der Waals surface area contributed by atoms with E-state index in [1.54, 1.807) is 0 Å². The molecule has 2 atom stereocenters. The van der Waals surface area contributed by atoms with E-state index in [0.29, 0.717) is 0 Å². The van der Waals surface area contributed by atoms with Crippen molar-refractivity contribution in [1.29, 1.82) is 0 Å². The summed E-state index contributed by atoms with van der Waals surface area (Å²) in [6, 6.07) is 25.1. The lowest BCUT2D eigenvalue weighted by Crippen LogP contribution is -2.44. The summed E-state index contributed by atoms with van der Waals surface area (Å²) in [6.07, 6.45) is 0. The fourth-order valence-electron chi connectivity index (χ4n) is 5.14. The number of fused-ring (bicyclic) bond motifs is 1. The zero-order chi connectivity index (χ0) is 18.5. The van der Waals surface area contributed by atoms with Gasteiger partial charge in [0, 0.05) is 22.0 Å². The van der Waals surface area contributed by atoms with Crippen molar-refractivity contribution in [2.24, 2.45) is 11.8 Å². The molecule has 1 N–H and O–H groups in total. The first-order chi connectivity index (χ1) is 13.1. The highest BCUT2D eigenvalue weighted by atomic mass is 79.9. The fourth-order valence-corrected chi connectivity index (χ4v) is 5.54. The molecular weight excluding hydrogens is 398 g/mol. The molecular formula is C24H20BrNO. The van der Waals surface area contributed by atoms with E-state index < -0.39 is 0 Å². The Morgan fingerprint density at radius 1 is 0.815 bits per heavy atom. The van der Waals surface area contributed by atoms with Gasteiger partial charge in [-0.15, -0.1) is 0 Å². The molecule has 27 heavy (non-hydrogen) atoms. The molecule has 1 amide bonds.